The Kier molecular flexibility index (Phi) is 4.21. The molecule has 0 saturated heterocycles. The molecule has 1 N–H and O–H groups in total. The quantitative estimate of drug-likeness (QED) is 0.773. The van der Waals surface area contributed by atoms with Crippen LogP contribution in [0.2, 0.25) is 0 Å². The fourth-order valence-corrected chi connectivity index (χ4v) is 3.04. The van der Waals surface area contributed by atoms with Gasteiger partial charge < -0.3 is 5.32 Å². The summed E-state index contributed by atoms with van der Waals surface area (Å²) in [5.41, 5.74) is 1.75. The molecule has 0 fully saturated rings. The lowest BCUT2D eigenvalue weighted by atomic mass is 10.0. The minimum atomic E-state index is 0.0228. The Hall–Kier alpha value is -2.51. The van der Waals surface area contributed by atoms with Crippen LogP contribution in [-0.2, 0) is 14.1 Å². The van der Waals surface area contributed by atoms with Crippen LogP contribution >= 0.6 is 0 Å². The van der Waals surface area contributed by atoms with Gasteiger partial charge in [-0.2, -0.15) is 10.2 Å². The summed E-state index contributed by atoms with van der Waals surface area (Å²) >= 11 is 0. The fourth-order valence-electron chi connectivity index (χ4n) is 3.04. The van der Waals surface area contributed by atoms with Crippen molar-refractivity contribution in [2.75, 3.05) is 5.32 Å². The molecule has 24 heavy (non-hydrogen) atoms. The molecular weight excluding hydrogens is 304 g/mol. The van der Waals surface area contributed by atoms with Crippen LogP contribution in [-0.4, -0.2) is 34.5 Å². The van der Waals surface area contributed by atoms with Crippen molar-refractivity contribution >= 4 is 16.9 Å². The summed E-state index contributed by atoms with van der Waals surface area (Å²) in [6, 6.07) is 0.0228. The van der Waals surface area contributed by atoms with Crippen molar-refractivity contribution in [3.63, 3.8) is 0 Å². The molecule has 0 aromatic carbocycles. The maximum Gasteiger partial charge on any atom is 0.163 e. The van der Waals surface area contributed by atoms with Gasteiger partial charge in [-0.05, 0) is 26.2 Å². The first-order valence-electron chi connectivity index (χ1n) is 8.15. The Morgan fingerprint density at radius 1 is 1.12 bits per heavy atom. The first-order chi connectivity index (χ1) is 11.4. The van der Waals surface area contributed by atoms with E-state index >= 15 is 0 Å². The smallest absolute Gasteiger partial charge is 0.163 e. The molecule has 8 heteroatoms. The fraction of sp³-hybridized carbons (Fsp3) is 0.562. The molecule has 128 valence electrons. The van der Waals surface area contributed by atoms with Crippen molar-refractivity contribution in [1.82, 2.24) is 34.5 Å². The molecule has 3 rings (SSSR count). The van der Waals surface area contributed by atoms with E-state index in [0.717, 1.165) is 34.8 Å². The number of nitrogens with zero attached hydrogens (tertiary/aromatic N) is 7. The first kappa shape index (κ1) is 16.4. The largest absolute Gasteiger partial charge is 0.359 e. The van der Waals surface area contributed by atoms with Crippen LogP contribution in [0.4, 0.5) is 5.82 Å². The van der Waals surface area contributed by atoms with E-state index in [1.54, 1.807) is 15.7 Å². The van der Waals surface area contributed by atoms with E-state index in [2.05, 4.69) is 44.3 Å². The van der Waals surface area contributed by atoms with Crippen LogP contribution in [0.15, 0.2) is 6.33 Å². The maximum atomic E-state index is 4.63. The van der Waals surface area contributed by atoms with Crippen molar-refractivity contribution in [1.29, 1.82) is 0 Å². The van der Waals surface area contributed by atoms with Crippen LogP contribution < -0.4 is 5.32 Å². The van der Waals surface area contributed by atoms with Gasteiger partial charge in [0.2, 0.25) is 0 Å². The highest BCUT2D eigenvalue weighted by molar-refractivity contribution is 5.89. The topological polar surface area (TPSA) is 86.3 Å². The Morgan fingerprint density at radius 3 is 2.50 bits per heavy atom. The third-order valence-electron chi connectivity index (χ3n) is 4.05. The van der Waals surface area contributed by atoms with Gasteiger partial charge in [-0.15, -0.1) is 0 Å². The second-order valence-electron chi connectivity index (χ2n) is 6.60. The molecule has 1 atom stereocenters. The molecule has 0 amide bonds. The number of aromatic nitrogens is 7. The van der Waals surface area contributed by atoms with Gasteiger partial charge in [-0.3, -0.25) is 9.36 Å². The van der Waals surface area contributed by atoms with E-state index in [0.29, 0.717) is 11.7 Å². The molecule has 8 nitrogen and oxygen atoms in total. The predicted octanol–water partition coefficient (Wildman–Crippen LogP) is 2.31. The van der Waals surface area contributed by atoms with Crippen LogP contribution in [0.1, 0.15) is 43.7 Å². The lowest BCUT2D eigenvalue weighted by Gasteiger charge is -2.21. The molecule has 0 bridgehead atoms. The summed E-state index contributed by atoms with van der Waals surface area (Å²) in [5.74, 6) is 2.92. The van der Waals surface area contributed by atoms with Gasteiger partial charge in [0.1, 0.15) is 23.8 Å². The van der Waals surface area contributed by atoms with Crippen LogP contribution in [0.5, 0.6) is 0 Å². The van der Waals surface area contributed by atoms with Gasteiger partial charge in [0, 0.05) is 14.1 Å². The Balaban J connectivity index is 2.07. The van der Waals surface area contributed by atoms with Crippen molar-refractivity contribution < 1.29 is 0 Å². The molecule has 3 heterocycles. The van der Waals surface area contributed by atoms with Crippen molar-refractivity contribution in [3.05, 3.63) is 23.7 Å². The molecule has 0 unspecified atom stereocenters. The molecular formula is C16H24N8. The highest BCUT2D eigenvalue weighted by Crippen LogP contribution is 2.29. The van der Waals surface area contributed by atoms with Crippen LogP contribution in [0.25, 0.3) is 11.0 Å². The summed E-state index contributed by atoms with van der Waals surface area (Å²) in [4.78, 5) is 13.6. The molecule has 0 aliphatic rings. The zero-order valence-corrected chi connectivity index (χ0v) is 15.1. The number of nitrogens with one attached hydrogen (secondary N) is 1. The molecule has 3 aromatic heterocycles. The number of hydrogen-bond donors (Lipinski definition) is 1. The third-order valence-corrected chi connectivity index (χ3v) is 4.05. The lowest BCUT2D eigenvalue weighted by molar-refractivity contribution is 0.497. The maximum absolute atomic E-state index is 4.63. The SMILES string of the molecule is Cc1nc(N[C@@H](CC(C)C)c2ncnn2C)c2c(C)nn(C)c2n1. The zero-order chi connectivity index (χ0) is 17.4. The molecule has 0 aliphatic carbocycles. The second kappa shape index (κ2) is 6.18. The lowest BCUT2D eigenvalue weighted by Crippen LogP contribution is -2.19. The number of aryl methyl sites for hydroxylation is 4. The molecule has 0 saturated carbocycles. The predicted molar refractivity (Wildman–Crippen MR) is 92.6 cm³/mol. The average Bonchev–Trinajstić information content (AvgIpc) is 3.02. The van der Waals surface area contributed by atoms with Gasteiger partial charge in [-0.25, -0.2) is 15.0 Å². The van der Waals surface area contributed by atoms with E-state index in [9.17, 15) is 0 Å². The minimum absolute atomic E-state index is 0.0228. The summed E-state index contributed by atoms with van der Waals surface area (Å²) in [5, 5.41) is 13.2. The first-order valence-corrected chi connectivity index (χ1v) is 8.15. The Labute approximate surface area is 141 Å². The van der Waals surface area contributed by atoms with Gasteiger partial charge in [-0.1, -0.05) is 13.8 Å². The van der Waals surface area contributed by atoms with E-state index in [4.69, 9.17) is 0 Å². The van der Waals surface area contributed by atoms with Crippen LogP contribution in [0.3, 0.4) is 0 Å². The van der Waals surface area contributed by atoms with E-state index in [1.807, 2.05) is 27.9 Å². The molecule has 0 aliphatic heterocycles. The average molecular weight is 328 g/mol. The van der Waals surface area contributed by atoms with Crippen molar-refractivity contribution in [2.45, 2.75) is 40.2 Å². The van der Waals surface area contributed by atoms with Gasteiger partial charge in [0.15, 0.2) is 5.65 Å². The Bertz CT molecular complexity index is 860. The van der Waals surface area contributed by atoms with Crippen molar-refractivity contribution in [3.8, 4) is 0 Å². The summed E-state index contributed by atoms with van der Waals surface area (Å²) < 4.78 is 3.60. The number of hydrogen-bond acceptors (Lipinski definition) is 6. The number of fused-ring (bicyclic) bond motifs is 1. The minimum Gasteiger partial charge on any atom is -0.359 e. The normalized spacial score (nSPS) is 13.0. The van der Waals surface area contributed by atoms with E-state index in [1.165, 1.54) is 0 Å². The highest BCUT2D eigenvalue weighted by atomic mass is 15.3. The zero-order valence-electron chi connectivity index (χ0n) is 15.1. The van der Waals surface area contributed by atoms with Crippen molar-refractivity contribution in [2.24, 2.45) is 20.0 Å². The van der Waals surface area contributed by atoms with E-state index in [-0.39, 0.29) is 6.04 Å². The standard InChI is InChI=1S/C16H24N8/c1-9(2)7-12(15-17-8-18-23(15)5)21-14-13-10(3)22-24(6)16(13)20-11(4)19-14/h8-9,12H,7H2,1-6H3,(H,19,20,21)/t12-/m0/s1. The van der Waals surface area contributed by atoms with Gasteiger partial charge >= 0.3 is 0 Å². The number of anilines is 1. The molecule has 0 radical (unpaired) electrons. The van der Waals surface area contributed by atoms with E-state index < -0.39 is 0 Å². The summed E-state index contributed by atoms with van der Waals surface area (Å²) in [7, 11) is 3.81. The highest BCUT2D eigenvalue weighted by Gasteiger charge is 2.22. The Morgan fingerprint density at radius 2 is 1.88 bits per heavy atom. The number of rotatable bonds is 5. The summed E-state index contributed by atoms with van der Waals surface area (Å²) in [6.07, 6.45) is 2.51. The molecule has 0 spiro atoms. The molecule has 3 aromatic rings. The van der Waals surface area contributed by atoms with Crippen LogP contribution in [0, 0.1) is 19.8 Å². The second-order valence-corrected chi connectivity index (χ2v) is 6.60. The van der Waals surface area contributed by atoms with Gasteiger partial charge in [0.05, 0.1) is 17.1 Å². The monoisotopic (exact) mass is 328 g/mol. The van der Waals surface area contributed by atoms with Gasteiger partial charge in [0.25, 0.3) is 0 Å². The third kappa shape index (κ3) is 2.95. The summed E-state index contributed by atoms with van der Waals surface area (Å²) in [6.45, 7) is 8.26.